The van der Waals surface area contributed by atoms with Gasteiger partial charge >= 0.3 is 5.97 Å². The molecule has 4 nitrogen and oxygen atoms in total. The van der Waals surface area contributed by atoms with Gasteiger partial charge in [0, 0.05) is 13.3 Å². The molecule has 4 aliphatic rings. The van der Waals surface area contributed by atoms with Crippen molar-refractivity contribution >= 4 is 22.6 Å². The molecule has 39 heavy (non-hydrogen) atoms. The Kier molecular flexibility index (Phi) is 8.15. The van der Waals surface area contributed by atoms with Crippen LogP contribution in [0, 0.1) is 28.6 Å². The zero-order valence-electron chi connectivity index (χ0n) is 27.6. The van der Waals surface area contributed by atoms with Crippen molar-refractivity contribution in [1.29, 1.82) is 0 Å². The second kappa shape index (κ2) is 10.1. The van der Waals surface area contributed by atoms with E-state index in [1.54, 1.807) is 6.92 Å². The molecule has 0 radical (unpaired) electrons. The monoisotopic (exact) mass is 576 g/mol. The van der Waals surface area contributed by atoms with Crippen LogP contribution in [0.15, 0.2) is 11.6 Å². The molecule has 4 aliphatic carbocycles. The summed E-state index contributed by atoms with van der Waals surface area (Å²) in [5.74, 6) is 1.63. The molecule has 4 rings (SSSR count). The molecule has 0 N–H and O–H groups in total. The minimum Gasteiger partial charge on any atom is -0.462 e. The van der Waals surface area contributed by atoms with Crippen LogP contribution in [0.3, 0.4) is 0 Å². The summed E-state index contributed by atoms with van der Waals surface area (Å²) in [6.07, 6.45) is 11.0. The van der Waals surface area contributed by atoms with E-state index >= 15 is 0 Å². The first-order valence-corrected chi connectivity index (χ1v) is 21.7. The fraction of sp³-hybridized carbons (Fsp3) is 0.909. The number of ether oxygens (including phenoxy) is 1. The summed E-state index contributed by atoms with van der Waals surface area (Å²) < 4.78 is 20.4. The van der Waals surface area contributed by atoms with E-state index in [0.717, 1.165) is 19.3 Å². The van der Waals surface area contributed by atoms with Gasteiger partial charge in [0.15, 0.2) is 16.6 Å². The SMILES string of the molecule is CC(=O)O[C@H]1CC[C@@]2(C)C(=C[C@H](O[Si](C)(C)C(C)(C)C)[C@H]3[C@@H]4CC[C@H](O[Si](C)(C)C(C)(C)C)[C@@]4(C)CC[C@@H]32)C1. The van der Waals surface area contributed by atoms with Crippen molar-refractivity contribution in [2.45, 2.75) is 162 Å². The Balaban J connectivity index is 1.72. The summed E-state index contributed by atoms with van der Waals surface area (Å²) in [6, 6.07) is 0. The van der Waals surface area contributed by atoms with Crippen LogP contribution in [0.2, 0.25) is 36.3 Å². The minimum atomic E-state index is -2.00. The predicted octanol–water partition coefficient (Wildman–Crippen LogP) is 9.27. The van der Waals surface area contributed by atoms with Gasteiger partial charge in [-0.1, -0.05) is 67.0 Å². The van der Waals surface area contributed by atoms with E-state index in [9.17, 15) is 4.79 Å². The quantitative estimate of drug-likeness (QED) is 0.186. The Morgan fingerprint density at radius 1 is 0.846 bits per heavy atom. The molecule has 0 aromatic rings. The maximum absolute atomic E-state index is 11.8. The first kappa shape index (κ1) is 31.5. The summed E-state index contributed by atoms with van der Waals surface area (Å²) >= 11 is 0. The lowest BCUT2D eigenvalue weighted by molar-refractivity contribution is -0.149. The lowest BCUT2D eigenvalue weighted by atomic mass is 9.47. The van der Waals surface area contributed by atoms with Gasteiger partial charge in [-0.3, -0.25) is 4.79 Å². The van der Waals surface area contributed by atoms with E-state index in [1.165, 1.54) is 31.3 Å². The Morgan fingerprint density at radius 3 is 2.00 bits per heavy atom. The first-order valence-electron chi connectivity index (χ1n) is 15.9. The van der Waals surface area contributed by atoms with Crippen LogP contribution >= 0.6 is 0 Å². The van der Waals surface area contributed by atoms with Gasteiger partial charge in [0.1, 0.15) is 6.10 Å². The molecule has 0 aromatic heterocycles. The van der Waals surface area contributed by atoms with Crippen LogP contribution in [0.4, 0.5) is 0 Å². The lowest BCUT2D eigenvalue weighted by Crippen LogP contribution is -2.58. The van der Waals surface area contributed by atoms with E-state index in [2.05, 4.69) is 87.7 Å². The van der Waals surface area contributed by atoms with Crippen LogP contribution in [-0.4, -0.2) is 40.9 Å². The summed E-state index contributed by atoms with van der Waals surface area (Å²) in [7, 11) is -3.85. The van der Waals surface area contributed by atoms with E-state index in [-0.39, 0.29) is 39.1 Å². The van der Waals surface area contributed by atoms with Crippen molar-refractivity contribution in [3.63, 3.8) is 0 Å². The Bertz CT molecular complexity index is 973. The molecule has 0 bridgehead atoms. The molecular formula is C33H60O4Si2. The molecule has 8 atom stereocenters. The molecule has 0 aromatic carbocycles. The number of carbonyl (C=O) groups is 1. The fourth-order valence-corrected chi connectivity index (χ4v) is 10.9. The number of rotatable bonds is 5. The number of hydrogen-bond acceptors (Lipinski definition) is 4. The van der Waals surface area contributed by atoms with Gasteiger partial charge in [-0.25, -0.2) is 0 Å². The van der Waals surface area contributed by atoms with Crippen molar-refractivity contribution in [1.82, 2.24) is 0 Å². The van der Waals surface area contributed by atoms with Crippen LogP contribution < -0.4 is 0 Å². The van der Waals surface area contributed by atoms with Gasteiger partial charge in [-0.05, 0) is 103 Å². The van der Waals surface area contributed by atoms with Crippen LogP contribution in [0.5, 0.6) is 0 Å². The maximum atomic E-state index is 11.8. The highest BCUT2D eigenvalue weighted by Crippen LogP contribution is 2.66. The van der Waals surface area contributed by atoms with E-state index < -0.39 is 16.6 Å². The smallest absolute Gasteiger partial charge is 0.302 e. The van der Waals surface area contributed by atoms with Crippen molar-refractivity contribution < 1.29 is 18.4 Å². The predicted molar refractivity (Wildman–Crippen MR) is 167 cm³/mol. The van der Waals surface area contributed by atoms with Crippen molar-refractivity contribution in [2.75, 3.05) is 0 Å². The van der Waals surface area contributed by atoms with Crippen LogP contribution in [0.25, 0.3) is 0 Å². The second-order valence-electron chi connectivity index (χ2n) is 17.2. The Morgan fingerprint density at radius 2 is 1.44 bits per heavy atom. The number of esters is 1. The third-order valence-electron chi connectivity index (χ3n) is 12.8. The molecule has 3 saturated carbocycles. The summed E-state index contributed by atoms with van der Waals surface area (Å²) in [5, 5.41) is 0.388. The maximum Gasteiger partial charge on any atom is 0.302 e. The molecule has 0 aliphatic heterocycles. The van der Waals surface area contributed by atoms with Crippen molar-refractivity contribution in [3.05, 3.63) is 11.6 Å². The topological polar surface area (TPSA) is 44.8 Å². The van der Waals surface area contributed by atoms with Crippen LogP contribution in [0.1, 0.15) is 107 Å². The van der Waals surface area contributed by atoms with Crippen LogP contribution in [-0.2, 0) is 18.4 Å². The normalized spacial score (nSPS) is 39.4. The highest BCUT2D eigenvalue weighted by Gasteiger charge is 2.63. The summed E-state index contributed by atoms with van der Waals surface area (Å²) in [6.45, 7) is 30.5. The summed E-state index contributed by atoms with van der Waals surface area (Å²) in [4.78, 5) is 11.8. The Labute approximate surface area is 242 Å². The Hall–Kier alpha value is -0.436. The average Bonchev–Trinajstić information content (AvgIpc) is 3.08. The zero-order valence-corrected chi connectivity index (χ0v) is 29.6. The molecule has 0 amide bonds. The van der Waals surface area contributed by atoms with E-state index in [1.807, 2.05) is 0 Å². The van der Waals surface area contributed by atoms with Gasteiger partial charge in [0.2, 0.25) is 0 Å². The number of carbonyl (C=O) groups excluding carboxylic acids is 1. The molecule has 0 heterocycles. The average molecular weight is 577 g/mol. The van der Waals surface area contributed by atoms with Gasteiger partial charge in [0.05, 0.1) is 12.2 Å². The third-order valence-corrected chi connectivity index (χ3v) is 21.7. The number of fused-ring (bicyclic) bond motifs is 5. The van der Waals surface area contributed by atoms with Gasteiger partial charge in [0.25, 0.3) is 0 Å². The van der Waals surface area contributed by atoms with Gasteiger partial charge < -0.3 is 13.6 Å². The van der Waals surface area contributed by atoms with E-state index in [4.69, 9.17) is 13.6 Å². The highest BCUT2D eigenvalue weighted by molar-refractivity contribution is 6.74. The molecule has 224 valence electrons. The first-order chi connectivity index (χ1) is 17.6. The van der Waals surface area contributed by atoms with Crippen molar-refractivity contribution in [3.8, 4) is 0 Å². The molecule has 0 saturated heterocycles. The van der Waals surface area contributed by atoms with E-state index in [0.29, 0.717) is 23.9 Å². The molecule has 0 unspecified atom stereocenters. The number of hydrogen-bond donors (Lipinski definition) is 0. The molecule has 0 spiro atoms. The zero-order chi connectivity index (χ0) is 29.4. The third kappa shape index (κ3) is 5.55. The highest BCUT2D eigenvalue weighted by atomic mass is 28.4. The largest absolute Gasteiger partial charge is 0.462 e. The van der Waals surface area contributed by atoms with Gasteiger partial charge in [-0.15, -0.1) is 0 Å². The molecule has 6 heteroatoms. The summed E-state index contributed by atoms with van der Waals surface area (Å²) in [5.41, 5.74) is 1.89. The van der Waals surface area contributed by atoms with Crippen molar-refractivity contribution in [2.24, 2.45) is 28.6 Å². The minimum absolute atomic E-state index is 0.00889. The fourth-order valence-electron chi connectivity index (χ4n) is 8.23. The molecule has 3 fully saturated rings. The molecular weight excluding hydrogens is 517 g/mol. The second-order valence-corrected chi connectivity index (χ2v) is 26.7. The lowest BCUT2D eigenvalue weighted by Gasteiger charge is -2.61. The standard InChI is InChI=1S/C33H60O4Si2/c1-22(34)35-24-16-18-32(8)23(20-24)21-27(36-38(10,11)30(2,3)4)29-25-14-15-28(33(25,9)19-17-26(29)32)37-39(12,13)31(5,6)7/h21,24-29H,14-20H2,1-13H3/t24-,25-,26-,27-,28-,29-,32-,33-/m0/s1. The van der Waals surface area contributed by atoms with Gasteiger partial charge in [-0.2, -0.15) is 0 Å².